The zero-order valence-electron chi connectivity index (χ0n) is 15.2. The van der Waals surface area contributed by atoms with E-state index in [0.717, 1.165) is 32.4 Å². The molecule has 3 N–H and O–H groups in total. The van der Waals surface area contributed by atoms with Crippen molar-refractivity contribution in [3.63, 3.8) is 0 Å². The van der Waals surface area contributed by atoms with Crippen LogP contribution in [0.4, 0.5) is 0 Å². The van der Waals surface area contributed by atoms with Gasteiger partial charge in [-0.3, -0.25) is 0 Å². The zero-order valence-corrected chi connectivity index (χ0v) is 15.2. The molecule has 0 saturated heterocycles. The van der Waals surface area contributed by atoms with Crippen molar-refractivity contribution in [2.75, 3.05) is 41.0 Å². The number of rotatable bonds is 16. The molecule has 22 heavy (non-hydrogen) atoms. The lowest BCUT2D eigenvalue weighted by Crippen LogP contribution is -2.38. The van der Waals surface area contributed by atoms with E-state index in [4.69, 9.17) is 19.9 Å². The second kappa shape index (κ2) is 14.4. The molecule has 0 aromatic rings. The Balaban J connectivity index is 4.30. The van der Waals surface area contributed by atoms with Crippen LogP contribution in [0.15, 0.2) is 0 Å². The third-order valence-electron chi connectivity index (χ3n) is 4.22. The molecule has 0 radical (unpaired) electrons. The lowest BCUT2D eigenvalue weighted by molar-refractivity contribution is -0.359. The summed E-state index contributed by atoms with van der Waals surface area (Å²) < 4.78 is 16.4. The van der Waals surface area contributed by atoms with Gasteiger partial charge in [0.2, 0.25) is 0 Å². The SMILES string of the molecule is CCCCCCC(CCCNCCN)CC(OC)(OC)OC. The van der Waals surface area contributed by atoms with Crippen LogP contribution < -0.4 is 11.1 Å². The third-order valence-corrected chi connectivity index (χ3v) is 4.22. The molecule has 1 unspecified atom stereocenters. The number of hydrogen-bond acceptors (Lipinski definition) is 5. The fraction of sp³-hybridized carbons (Fsp3) is 1.00. The smallest absolute Gasteiger partial charge is 0.282 e. The summed E-state index contributed by atoms with van der Waals surface area (Å²) in [6.07, 6.45) is 9.43. The Morgan fingerprint density at radius 1 is 0.909 bits per heavy atom. The van der Waals surface area contributed by atoms with Gasteiger partial charge in [-0.05, 0) is 25.3 Å². The van der Waals surface area contributed by atoms with E-state index in [1.807, 2.05) is 0 Å². The lowest BCUT2D eigenvalue weighted by Gasteiger charge is -2.32. The number of methoxy groups -OCH3 is 3. The quantitative estimate of drug-likeness (QED) is 0.338. The van der Waals surface area contributed by atoms with Crippen molar-refractivity contribution in [1.29, 1.82) is 0 Å². The van der Waals surface area contributed by atoms with Gasteiger partial charge in [0, 0.05) is 40.8 Å². The van der Waals surface area contributed by atoms with Crippen LogP contribution in [-0.2, 0) is 14.2 Å². The summed E-state index contributed by atoms with van der Waals surface area (Å²) in [5, 5.41) is 3.35. The minimum absolute atomic E-state index is 0.552. The van der Waals surface area contributed by atoms with Crippen molar-refractivity contribution in [3.8, 4) is 0 Å². The number of ether oxygens (including phenoxy) is 3. The molecule has 134 valence electrons. The second-order valence-corrected chi connectivity index (χ2v) is 5.90. The summed E-state index contributed by atoms with van der Waals surface area (Å²) >= 11 is 0. The predicted molar refractivity (Wildman–Crippen MR) is 91.8 cm³/mol. The van der Waals surface area contributed by atoms with Crippen LogP contribution in [0, 0.1) is 5.92 Å². The molecular formula is C17H38N2O3. The molecule has 0 bridgehead atoms. The van der Waals surface area contributed by atoms with Gasteiger partial charge in [0.15, 0.2) is 0 Å². The topological polar surface area (TPSA) is 65.7 Å². The lowest BCUT2D eigenvalue weighted by atomic mass is 9.91. The average Bonchev–Trinajstić information content (AvgIpc) is 2.56. The largest absolute Gasteiger partial charge is 0.331 e. The molecule has 0 spiro atoms. The Morgan fingerprint density at radius 3 is 2.09 bits per heavy atom. The Labute approximate surface area is 137 Å². The first-order valence-corrected chi connectivity index (χ1v) is 8.74. The van der Waals surface area contributed by atoms with Gasteiger partial charge in [-0.15, -0.1) is 0 Å². The van der Waals surface area contributed by atoms with E-state index in [0.29, 0.717) is 12.5 Å². The van der Waals surface area contributed by atoms with Gasteiger partial charge in [0.1, 0.15) is 0 Å². The predicted octanol–water partition coefficient (Wildman–Crippen LogP) is 2.88. The first-order chi connectivity index (χ1) is 10.7. The molecule has 0 aliphatic carbocycles. The molecule has 0 heterocycles. The summed E-state index contributed by atoms with van der Waals surface area (Å²) in [5.41, 5.74) is 5.49. The van der Waals surface area contributed by atoms with Crippen molar-refractivity contribution < 1.29 is 14.2 Å². The number of nitrogens with one attached hydrogen (secondary N) is 1. The molecule has 0 amide bonds. The maximum Gasteiger partial charge on any atom is 0.282 e. The summed E-state index contributed by atoms with van der Waals surface area (Å²) in [6, 6.07) is 0. The van der Waals surface area contributed by atoms with Gasteiger partial charge in [-0.25, -0.2) is 0 Å². The van der Waals surface area contributed by atoms with Gasteiger partial charge in [-0.1, -0.05) is 39.0 Å². The standard InChI is InChI=1S/C17H38N2O3/c1-5-6-7-8-10-16(11-9-13-19-14-12-18)15-17(20-2,21-3)22-4/h16,19H,5-15,18H2,1-4H3. The van der Waals surface area contributed by atoms with Crippen LogP contribution in [0.25, 0.3) is 0 Å². The van der Waals surface area contributed by atoms with Crippen LogP contribution in [0.2, 0.25) is 0 Å². The van der Waals surface area contributed by atoms with E-state index in [2.05, 4.69) is 12.2 Å². The van der Waals surface area contributed by atoms with E-state index in [9.17, 15) is 0 Å². The van der Waals surface area contributed by atoms with Crippen LogP contribution in [0.5, 0.6) is 0 Å². The summed E-state index contributed by atoms with van der Waals surface area (Å²) in [7, 11) is 4.93. The maximum atomic E-state index is 5.49. The van der Waals surface area contributed by atoms with Crippen LogP contribution in [-0.4, -0.2) is 46.9 Å². The fourth-order valence-corrected chi connectivity index (χ4v) is 2.80. The second-order valence-electron chi connectivity index (χ2n) is 5.90. The first-order valence-electron chi connectivity index (χ1n) is 8.74. The minimum Gasteiger partial charge on any atom is -0.331 e. The van der Waals surface area contributed by atoms with Crippen molar-refractivity contribution in [2.45, 2.75) is 64.3 Å². The fourth-order valence-electron chi connectivity index (χ4n) is 2.80. The van der Waals surface area contributed by atoms with E-state index < -0.39 is 5.97 Å². The molecule has 5 nitrogen and oxygen atoms in total. The van der Waals surface area contributed by atoms with Gasteiger partial charge in [0.25, 0.3) is 5.97 Å². The normalized spacial score (nSPS) is 13.5. The monoisotopic (exact) mass is 318 g/mol. The van der Waals surface area contributed by atoms with E-state index in [-0.39, 0.29) is 0 Å². The molecule has 5 heteroatoms. The van der Waals surface area contributed by atoms with Gasteiger partial charge < -0.3 is 25.3 Å². The van der Waals surface area contributed by atoms with Crippen LogP contribution in [0.3, 0.4) is 0 Å². The molecule has 0 fully saturated rings. The Bertz CT molecular complexity index is 228. The highest BCUT2D eigenvalue weighted by Crippen LogP contribution is 2.29. The van der Waals surface area contributed by atoms with Gasteiger partial charge in [-0.2, -0.15) is 0 Å². The molecule has 0 aliphatic rings. The first kappa shape index (κ1) is 21.8. The van der Waals surface area contributed by atoms with Crippen molar-refractivity contribution in [3.05, 3.63) is 0 Å². The third kappa shape index (κ3) is 9.74. The van der Waals surface area contributed by atoms with Crippen molar-refractivity contribution in [1.82, 2.24) is 5.32 Å². The molecule has 0 rings (SSSR count). The van der Waals surface area contributed by atoms with Crippen molar-refractivity contribution in [2.24, 2.45) is 11.7 Å². The van der Waals surface area contributed by atoms with Gasteiger partial charge in [0.05, 0.1) is 0 Å². The van der Waals surface area contributed by atoms with E-state index in [1.165, 1.54) is 32.1 Å². The Hall–Kier alpha value is -0.200. The number of nitrogens with two attached hydrogens (primary N) is 1. The molecule has 1 atom stereocenters. The highest BCUT2D eigenvalue weighted by molar-refractivity contribution is 4.68. The van der Waals surface area contributed by atoms with Crippen LogP contribution >= 0.6 is 0 Å². The summed E-state index contributed by atoms with van der Waals surface area (Å²) in [5.74, 6) is -0.350. The molecular weight excluding hydrogens is 280 g/mol. The Kier molecular flexibility index (Phi) is 14.3. The number of unbranched alkanes of at least 4 members (excludes halogenated alkanes) is 3. The van der Waals surface area contributed by atoms with E-state index in [1.54, 1.807) is 21.3 Å². The van der Waals surface area contributed by atoms with Crippen molar-refractivity contribution >= 4 is 0 Å². The average molecular weight is 319 g/mol. The number of hydrogen-bond donors (Lipinski definition) is 2. The zero-order chi connectivity index (χ0) is 16.7. The summed E-state index contributed by atoms with van der Waals surface area (Å²) in [6.45, 7) is 4.84. The molecule has 0 aliphatic heterocycles. The maximum absolute atomic E-state index is 5.49. The molecule has 0 aromatic carbocycles. The Morgan fingerprint density at radius 2 is 1.55 bits per heavy atom. The van der Waals surface area contributed by atoms with Gasteiger partial charge >= 0.3 is 0 Å². The minimum atomic E-state index is -0.903. The van der Waals surface area contributed by atoms with E-state index >= 15 is 0 Å². The summed E-state index contributed by atoms with van der Waals surface area (Å²) in [4.78, 5) is 0. The molecule has 0 aromatic heterocycles. The highest BCUT2D eigenvalue weighted by atomic mass is 16.9. The highest BCUT2D eigenvalue weighted by Gasteiger charge is 2.32. The molecule has 0 saturated carbocycles. The van der Waals surface area contributed by atoms with Crippen LogP contribution in [0.1, 0.15) is 58.3 Å².